The fourth-order valence-electron chi connectivity index (χ4n) is 1.78. The van der Waals surface area contributed by atoms with E-state index in [-0.39, 0.29) is 11.6 Å². The van der Waals surface area contributed by atoms with Gasteiger partial charge in [-0.25, -0.2) is 9.37 Å². The van der Waals surface area contributed by atoms with E-state index >= 15 is 0 Å². The van der Waals surface area contributed by atoms with Crippen molar-refractivity contribution in [1.29, 1.82) is 0 Å². The summed E-state index contributed by atoms with van der Waals surface area (Å²) >= 11 is 3.06. The zero-order valence-corrected chi connectivity index (χ0v) is 14.5. The summed E-state index contributed by atoms with van der Waals surface area (Å²) in [4.78, 5) is 15.2. The Balaban J connectivity index is 2.51. The summed E-state index contributed by atoms with van der Waals surface area (Å²) in [5, 5.41) is 9.41. The van der Waals surface area contributed by atoms with Crippen LogP contribution in [0.5, 0.6) is 0 Å². The van der Waals surface area contributed by atoms with Gasteiger partial charge in [-0.05, 0) is 42.5 Å². The average molecular weight is 420 g/mol. The highest BCUT2D eigenvalue weighted by Crippen LogP contribution is 2.27. The lowest BCUT2D eigenvalue weighted by Gasteiger charge is -2.06. The molecule has 0 unspecified atom stereocenters. The number of hydrogen-bond donors (Lipinski definition) is 1. The van der Waals surface area contributed by atoms with Crippen molar-refractivity contribution >= 4 is 51.4 Å². The third kappa shape index (κ3) is 3.97. The number of allylic oxidation sites excluding steroid dienone is 2. The first-order valence-electron chi connectivity index (χ1n) is 6.21. The highest BCUT2D eigenvalue weighted by Gasteiger charge is 2.14. The summed E-state index contributed by atoms with van der Waals surface area (Å²) < 4.78 is 16.1. The van der Waals surface area contributed by atoms with Crippen LogP contribution in [-0.2, 0) is 11.3 Å². The lowest BCUT2D eigenvalue weighted by atomic mass is 10.3. The van der Waals surface area contributed by atoms with Crippen LogP contribution in [0, 0.1) is 9.39 Å². The zero-order valence-electron chi connectivity index (χ0n) is 11.6. The Labute approximate surface area is 139 Å². The Hall–Kier alpha value is -1.09. The van der Waals surface area contributed by atoms with E-state index in [1.54, 1.807) is 6.07 Å². The molecular weight excluding hydrogens is 406 g/mol. The van der Waals surface area contributed by atoms with Crippen molar-refractivity contribution in [2.45, 2.75) is 25.5 Å². The summed E-state index contributed by atoms with van der Waals surface area (Å²) in [6.45, 7) is 4.50. The molecule has 0 bridgehead atoms. The van der Waals surface area contributed by atoms with Gasteiger partial charge in [0.2, 0.25) is 0 Å². The largest absolute Gasteiger partial charge is 0.481 e. The van der Waals surface area contributed by atoms with Gasteiger partial charge in [-0.2, -0.15) is 0 Å². The Kier molecular flexibility index (Phi) is 5.26. The normalized spacial score (nSPS) is 10.9. The molecule has 7 heteroatoms. The second-order valence-electron chi connectivity index (χ2n) is 4.72. The summed E-state index contributed by atoms with van der Waals surface area (Å²) in [5.74, 6) is -1.27. The van der Waals surface area contributed by atoms with E-state index in [2.05, 4.69) is 4.98 Å². The van der Waals surface area contributed by atoms with E-state index in [4.69, 9.17) is 5.11 Å². The smallest absolute Gasteiger partial charge is 0.313 e. The van der Waals surface area contributed by atoms with E-state index in [9.17, 15) is 9.18 Å². The number of aliphatic carboxylic acids is 1. The first kappa shape index (κ1) is 16.3. The number of halogens is 2. The van der Waals surface area contributed by atoms with Crippen molar-refractivity contribution in [3.05, 3.63) is 33.2 Å². The Morgan fingerprint density at radius 1 is 1.52 bits per heavy atom. The summed E-state index contributed by atoms with van der Waals surface area (Å²) in [5.41, 5.74) is 2.49. The standard InChI is InChI=1S/C14H14FIN2O2S/c1-8(2)3-4-18-12-5-9(15)10(16)6-11(12)17-14(18)21-7-13(19)20/h3,5-6H,4,7H2,1-2H3,(H,19,20). The quantitative estimate of drug-likeness (QED) is 0.453. The van der Waals surface area contributed by atoms with Crippen LogP contribution in [0.4, 0.5) is 4.39 Å². The van der Waals surface area contributed by atoms with E-state index in [1.165, 1.54) is 6.07 Å². The van der Waals surface area contributed by atoms with E-state index in [1.807, 2.05) is 47.1 Å². The van der Waals surface area contributed by atoms with Crippen LogP contribution >= 0.6 is 34.4 Å². The monoisotopic (exact) mass is 420 g/mol. The number of carbonyl (C=O) groups is 1. The molecule has 0 aliphatic heterocycles. The predicted molar refractivity (Wildman–Crippen MR) is 90.2 cm³/mol. The van der Waals surface area contributed by atoms with Crippen LogP contribution in [0.3, 0.4) is 0 Å². The van der Waals surface area contributed by atoms with E-state index in [0.717, 1.165) is 17.3 Å². The van der Waals surface area contributed by atoms with Gasteiger partial charge in [-0.3, -0.25) is 4.79 Å². The highest BCUT2D eigenvalue weighted by molar-refractivity contribution is 14.1. The molecule has 1 aromatic carbocycles. The molecule has 0 amide bonds. The fraction of sp³-hybridized carbons (Fsp3) is 0.286. The number of carboxylic acid groups (broad SMARTS) is 1. The number of nitrogens with zero attached hydrogens (tertiary/aromatic N) is 2. The molecule has 0 atom stereocenters. The van der Waals surface area contributed by atoms with Gasteiger partial charge < -0.3 is 9.67 Å². The van der Waals surface area contributed by atoms with Gasteiger partial charge in [0.25, 0.3) is 0 Å². The number of fused-ring (bicyclic) bond motifs is 1. The molecule has 0 fully saturated rings. The second kappa shape index (κ2) is 6.78. The third-order valence-corrected chi connectivity index (χ3v) is 4.55. The number of carboxylic acids is 1. The maximum atomic E-state index is 13.8. The first-order chi connectivity index (χ1) is 9.88. The number of rotatable bonds is 5. The van der Waals surface area contributed by atoms with Crippen LogP contribution in [0.15, 0.2) is 28.9 Å². The third-order valence-electron chi connectivity index (χ3n) is 2.76. The fourth-order valence-corrected chi connectivity index (χ4v) is 2.98. The molecular formula is C14H14FIN2O2S. The zero-order chi connectivity index (χ0) is 15.6. The summed E-state index contributed by atoms with van der Waals surface area (Å²) in [6, 6.07) is 3.13. The van der Waals surface area contributed by atoms with Crippen LogP contribution in [0.1, 0.15) is 13.8 Å². The molecule has 21 heavy (non-hydrogen) atoms. The van der Waals surface area contributed by atoms with E-state index < -0.39 is 5.97 Å². The molecule has 1 heterocycles. The van der Waals surface area contributed by atoms with Gasteiger partial charge in [-0.15, -0.1) is 0 Å². The Bertz CT molecular complexity index is 723. The molecule has 0 saturated carbocycles. The van der Waals surface area contributed by atoms with Crippen molar-refractivity contribution in [3.63, 3.8) is 0 Å². The van der Waals surface area contributed by atoms with Crippen LogP contribution in [0.25, 0.3) is 11.0 Å². The molecule has 0 radical (unpaired) electrons. The lowest BCUT2D eigenvalue weighted by Crippen LogP contribution is -2.02. The molecule has 0 saturated heterocycles. The Morgan fingerprint density at radius 3 is 2.86 bits per heavy atom. The molecule has 1 aromatic heterocycles. The van der Waals surface area contributed by atoms with Gasteiger partial charge in [0.05, 0.1) is 20.4 Å². The SMILES string of the molecule is CC(C)=CCn1c(SCC(=O)O)nc2cc(I)c(F)cc21. The van der Waals surface area contributed by atoms with Crippen molar-refractivity contribution < 1.29 is 14.3 Å². The topological polar surface area (TPSA) is 55.1 Å². The highest BCUT2D eigenvalue weighted by atomic mass is 127. The van der Waals surface area contributed by atoms with Crippen LogP contribution < -0.4 is 0 Å². The minimum Gasteiger partial charge on any atom is -0.481 e. The Morgan fingerprint density at radius 2 is 2.24 bits per heavy atom. The van der Waals surface area contributed by atoms with Gasteiger partial charge >= 0.3 is 5.97 Å². The van der Waals surface area contributed by atoms with Crippen molar-refractivity contribution in [2.75, 3.05) is 5.75 Å². The van der Waals surface area contributed by atoms with Crippen LogP contribution in [0.2, 0.25) is 0 Å². The molecule has 2 rings (SSSR count). The van der Waals surface area contributed by atoms with Crippen molar-refractivity contribution in [1.82, 2.24) is 9.55 Å². The molecule has 0 aliphatic rings. The summed E-state index contributed by atoms with van der Waals surface area (Å²) in [6.07, 6.45) is 2.00. The minimum atomic E-state index is -0.901. The molecule has 2 aromatic rings. The number of imidazole rings is 1. The molecule has 1 N–H and O–H groups in total. The number of hydrogen-bond acceptors (Lipinski definition) is 3. The average Bonchev–Trinajstić information content (AvgIpc) is 2.71. The lowest BCUT2D eigenvalue weighted by molar-refractivity contribution is -0.133. The maximum Gasteiger partial charge on any atom is 0.313 e. The van der Waals surface area contributed by atoms with Crippen molar-refractivity contribution in [2.24, 2.45) is 0 Å². The van der Waals surface area contributed by atoms with Gasteiger partial charge in [0, 0.05) is 12.6 Å². The number of aromatic nitrogens is 2. The van der Waals surface area contributed by atoms with Crippen LogP contribution in [-0.4, -0.2) is 26.4 Å². The second-order valence-corrected chi connectivity index (χ2v) is 6.83. The maximum absolute atomic E-state index is 13.8. The minimum absolute atomic E-state index is 0.0717. The van der Waals surface area contributed by atoms with Gasteiger partial charge in [-0.1, -0.05) is 23.4 Å². The van der Waals surface area contributed by atoms with E-state index in [0.29, 0.717) is 26.3 Å². The first-order valence-corrected chi connectivity index (χ1v) is 8.28. The van der Waals surface area contributed by atoms with Gasteiger partial charge in [0.1, 0.15) is 5.82 Å². The molecule has 112 valence electrons. The molecule has 0 spiro atoms. The number of thioether (sulfide) groups is 1. The summed E-state index contributed by atoms with van der Waals surface area (Å²) in [7, 11) is 0. The van der Waals surface area contributed by atoms with Gasteiger partial charge in [0.15, 0.2) is 5.16 Å². The predicted octanol–water partition coefficient (Wildman–Crippen LogP) is 3.92. The molecule has 0 aliphatic carbocycles. The number of benzene rings is 1. The molecule has 4 nitrogen and oxygen atoms in total. The van der Waals surface area contributed by atoms with Crippen molar-refractivity contribution in [3.8, 4) is 0 Å².